The average Bonchev–Trinajstić information content (AvgIpc) is 2.76. The zero-order chi connectivity index (χ0) is 18.0. The van der Waals surface area contributed by atoms with Gasteiger partial charge in [0.25, 0.3) is 0 Å². The number of carbonyl (C=O) groups is 2. The summed E-state index contributed by atoms with van der Waals surface area (Å²) in [6, 6.07) is 6.43. The van der Waals surface area contributed by atoms with Crippen molar-refractivity contribution < 1.29 is 14.0 Å². The third kappa shape index (κ3) is 3.55. The Balaban J connectivity index is 1.83. The van der Waals surface area contributed by atoms with Crippen molar-refractivity contribution in [1.29, 1.82) is 0 Å². The van der Waals surface area contributed by atoms with Crippen molar-refractivity contribution in [2.45, 2.75) is 26.7 Å². The number of hydrogen-bond donors (Lipinski definition) is 1. The third-order valence-corrected chi connectivity index (χ3v) is 4.52. The van der Waals surface area contributed by atoms with Crippen molar-refractivity contribution in [2.24, 2.45) is 0 Å². The van der Waals surface area contributed by atoms with Gasteiger partial charge in [-0.15, -0.1) is 0 Å². The van der Waals surface area contributed by atoms with Crippen molar-refractivity contribution in [3.05, 3.63) is 47.0 Å². The molecule has 1 aromatic heterocycles. The molecule has 0 unspecified atom stereocenters. The number of carbonyl (C=O) groups excluding carboxylic acids is 2. The highest BCUT2D eigenvalue weighted by Crippen LogP contribution is 2.21. The zero-order valence-corrected chi connectivity index (χ0v) is 14.4. The molecule has 1 fully saturated rings. The molecule has 2 aromatic rings. The Morgan fingerprint density at radius 1 is 1.28 bits per heavy atom. The number of rotatable bonds is 3. The van der Waals surface area contributed by atoms with E-state index < -0.39 is 0 Å². The van der Waals surface area contributed by atoms with Crippen LogP contribution in [0, 0.1) is 19.7 Å². The Bertz CT molecular complexity index is 815. The van der Waals surface area contributed by atoms with Gasteiger partial charge in [-0.3, -0.25) is 9.59 Å². The van der Waals surface area contributed by atoms with Crippen LogP contribution in [-0.4, -0.2) is 46.1 Å². The summed E-state index contributed by atoms with van der Waals surface area (Å²) in [5.41, 5.74) is 2.63. The van der Waals surface area contributed by atoms with Gasteiger partial charge >= 0.3 is 0 Å². The highest BCUT2D eigenvalue weighted by Gasteiger charge is 2.22. The van der Waals surface area contributed by atoms with E-state index in [4.69, 9.17) is 0 Å². The maximum atomic E-state index is 14.1. The van der Waals surface area contributed by atoms with Crippen LogP contribution in [0.25, 0.3) is 5.69 Å². The number of halogens is 1. The lowest BCUT2D eigenvalue weighted by molar-refractivity contribution is -0.130. The van der Waals surface area contributed by atoms with E-state index in [-0.39, 0.29) is 24.1 Å². The van der Waals surface area contributed by atoms with Crippen molar-refractivity contribution in [3.63, 3.8) is 0 Å². The first-order valence-electron chi connectivity index (χ1n) is 8.32. The third-order valence-electron chi connectivity index (χ3n) is 4.52. The predicted octanol–water partition coefficient (Wildman–Crippen LogP) is 1.52. The predicted molar refractivity (Wildman–Crippen MR) is 90.9 cm³/mol. The number of amides is 2. The summed E-state index contributed by atoms with van der Waals surface area (Å²) in [5, 5.41) is 7.17. The minimum absolute atomic E-state index is 0.0324. The number of para-hydroxylation sites is 1. The summed E-state index contributed by atoms with van der Waals surface area (Å²) in [6.45, 7) is 5.05. The first-order chi connectivity index (χ1) is 12.0. The first kappa shape index (κ1) is 17.1. The lowest BCUT2D eigenvalue weighted by Gasteiger charge is -2.19. The van der Waals surface area contributed by atoms with E-state index in [9.17, 15) is 14.0 Å². The van der Waals surface area contributed by atoms with Gasteiger partial charge < -0.3 is 10.2 Å². The van der Waals surface area contributed by atoms with Gasteiger partial charge in [0.2, 0.25) is 11.8 Å². The van der Waals surface area contributed by atoms with Crippen molar-refractivity contribution >= 4 is 11.8 Å². The smallest absolute Gasteiger partial charge is 0.227 e. The lowest BCUT2D eigenvalue weighted by atomic mass is 10.1. The fourth-order valence-corrected chi connectivity index (χ4v) is 3.07. The number of nitrogens with zero attached hydrogens (tertiary/aromatic N) is 3. The van der Waals surface area contributed by atoms with Crippen molar-refractivity contribution in [3.8, 4) is 5.69 Å². The number of nitrogens with one attached hydrogen (secondary N) is 1. The molecule has 2 heterocycles. The molecule has 0 aliphatic carbocycles. The summed E-state index contributed by atoms with van der Waals surface area (Å²) in [7, 11) is 0. The van der Waals surface area contributed by atoms with Gasteiger partial charge in [-0.05, 0) is 26.0 Å². The molecule has 132 valence electrons. The van der Waals surface area contributed by atoms with Gasteiger partial charge in [-0.25, -0.2) is 9.07 Å². The summed E-state index contributed by atoms with van der Waals surface area (Å²) in [4.78, 5) is 25.7. The van der Waals surface area contributed by atoms with Gasteiger partial charge in [0.15, 0.2) is 0 Å². The first-order valence-corrected chi connectivity index (χ1v) is 8.32. The van der Waals surface area contributed by atoms with E-state index in [1.54, 1.807) is 27.8 Å². The average molecular weight is 344 g/mol. The quantitative estimate of drug-likeness (QED) is 0.918. The van der Waals surface area contributed by atoms with Crippen molar-refractivity contribution in [1.82, 2.24) is 20.0 Å². The fraction of sp³-hybridized carbons (Fsp3) is 0.389. The normalized spacial score (nSPS) is 15.0. The highest BCUT2D eigenvalue weighted by atomic mass is 19.1. The summed E-state index contributed by atoms with van der Waals surface area (Å²) in [6.07, 6.45) is 0.512. The Labute approximate surface area is 145 Å². The molecule has 6 nitrogen and oxygen atoms in total. The molecule has 1 N–H and O–H groups in total. The SMILES string of the molecule is Cc1nn(-c2ccccc2F)c(C)c1CC(=O)N1CCNC(=O)CC1. The summed E-state index contributed by atoms with van der Waals surface area (Å²) >= 11 is 0. The van der Waals surface area contributed by atoms with E-state index >= 15 is 0 Å². The van der Waals surface area contributed by atoms with Crippen LogP contribution in [0.1, 0.15) is 23.4 Å². The van der Waals surface area contributed by atoms with Gasteiger partial charge in [0.05, 0.1) is 12.1 Å². The van der Waals surface area contributed by atoms with Crippen LogP contribution in [0.4, 0.5) is 4.39 Å². The number of aromatic nitrogens is 2. The topological polar surface area (TPSA) is 67.2 Å². The summed E-state index contributed by atoms with van der Waals surface area (Å²) < 4.78 is 15.6. The molecule has 0 atom stereocenters. The molecule has 2 amide bonds. The molecule has 0 saturated carbocycles. The Morgan fingerprint density at radius 2 is 2.04 bits per heavy atom. The fourth-order valence-electron chi connectivity index (χ4n) is 3.07. The maximum absolute atomic E-state index is 14.1. The molecule has 0 spiro atoms. The van der Waals surface area contributed by atoms with Crippen LogP contribution in [0.2, 0.25) is 0 Å². The maximum Gasteiger partial charge on any atom is 0.227 e. The molecule has 7 heteroatoms. The lowest BCUT2D eigenvalue weighted by Crippen LogP contribution is -2.35. The van der Waals surface area contributed by atoms with Crippen LogP contribution in [0.5, 0.6) is 0 Å². The molecule has 1 aliphatic heterocycles. The summed E-state index contributed by atoms with van der Waals surface area (Å²) in [5.74, 6) is -0.436. The van der Waals surface area contributed by atoms with E-state index in [1.807, 2.05) is 13.8 Å². The zero-order valence-electron chi connectivity index (χ0n) is 14.4. The highest BCUT2D eigenvalue weighted by molar-refractivity contribution is 5.81. The second-order valence-corrected chi connectivity index (χ2v) is 6.17. The van der Waals surface area contributed by atoms with Crippen LogP contribution in [0.15, 0.2) is 24.3 Å². The molecule has 25 heavy (non-hydrogen) atoms. The second-order valence-electron chi connectivity index (χ2n) is 6.17. The van der Waals surface area contributed by atoms with E-state index in [0.717, 1.165) is 11.3 Å². The number of aryl methyl sites for hydroxylation is 1. The minimum atomic E-state index is -0.358. The Hall–Kier alpha value is -2.70. The van der Waals surface area contributed by atoms with Crippen LogP contribution >= 0.6 is 0 Å². The standard InChI is InChI=1S/C18H21FN4O2/c1-12-14(11-18(25)22-9-7-17(24)20-8-10-22)13(2)23(21-12)16-6-4-3-5-15(16)19/h3-6H,7-11H2,1-2H3,(H,20,24). The van der Waals surface area contributed by atoms with Gasteiger partial charge in [0, 0.05) is 37.3 Å². The number of benzene rings is 1. The molecule has 1 aromatic carbocycles. The monoisotopic (exact) mass is 344 g/mol. The molecule has 3 rings (SSSR count). The van der Waals surface area contributed by atoms with E-state index in [2.05, 4.69) is 10.4 Å². The van der Waals surface area contributed by atoms with Gasteiger partial charge in [-0.1, -0.05) is 12.1 Å². The minimum Gasteiger partial charge on any atom is -0.354 e. The molecule has 1 saturated heterocycles. The Kier molecular flexibility index (Phi) is 4.83. The molecule has 0 bridgehead atoms. The van der Waals surface area contributed by atoms with Gasteiger partial charge in [-0.2, -0.15) is 5.10 Å². The second kappa shape index (κ2) is 7.04. The van der Waals surface area contributed by atoms with Crippen LogP contribution < -0.4 is 5.32 Å². The Morgan fingerprint density at radius 3 is 2.80 bits per heavy atom. The van der Waals surface area contributed by atoms with E-state index in [1.165, 1.54) is 6.07 Å². The van der Waals surface area contributed by atoms with Crippen molar-refractivity contribution in [2.75, 3.05) is 19.6 Å². The largest absolute Gasteiger partial charge is 0.354 e. The number of hydrogen-bond acceptors (Lipinski definition) is 3. The van der Waals surface area contributed by atoms with E-state index in [0.29, 0.717) is 37.4 Å². The van der Waals surface area contributed by atoms with Gasteiger partial charge in [0.1, 0.15) is 11.5 Å². The molecular weight excluding hydrogens is 323 g/mol. The van der Waals surface area contributed by atoms with Crippen LogP contribution in [-0.2, 0) is 16.0 Å². The molecular formula is C18H21FN4O2. The van der Waals surface area contributed by atoms with Crippen LogP contribution in [0.3, 0.4) is 0 Å². The molecule has 1 aliphatic rings. The molecule has 0 radical (unpaired) electrons.